The molecule has 0 heterocycles. The molecule has 1 aliphatic carbocycles. The highest BCUT2D eigenvalue weighted by Crippen LogP contribution is 2.43. The van der Waals surface area contributed by atoms with Gasteiger partial charge in [0.15, 0.2) is 0 Å². The van der Waals surface area contributed by atoms with Gasteiger partial charge < -0.3 is 4.74 Å². The molecule has 0 radical (unpaired) electrons. The van der Waals surface area contributed by atoms with E-state index in [1.54, 1.807) is 4.90 Å². The van der Waals surface area contributed by atoms with Gasteiger partial charge in [-0.1, -0.05) is 12.2 Å². The minimum Gasteiger partial charge on any atom is -0.444 e. The van der Waals surface area contributed by atoms with Crippen LogP contribution in [0.3, 0.4) is 0 Å². The molecule has 3 heteroatoms. The molecule has 0 unspecified atom stereocenters. The largest absolute Gasteiger partial charge is 0.444 e. The number of hydrogen-bond acceptors (Lipinski definition) is 2. The number of carbonyl (C=O) groups is 1. The van der Waals surface area contributed by atoms with Crippen LogP contribution in [-0.2, 0) is 4.74 Å². The number of ether oxygens (including phenoxy) is 1. The molecule has 1 aliphatic rings. The lowest BCUT2D eigenvalue weighted by atomic mass is 10.2. The number of rotatable bonds is 5. The molecule has 0 bridgehead atoms. The molecule has 0 atom stereocenters. The van der Waals surface area contributed by atoms with Gasteiger partial charge in [0, 0.05) is 6.54 Å². The van der Waals surface area contributed by atoms with Crippen molar-refractivity contribution >= 4 is 6.09 Å². The SMILES string of the molecule is C=CCCN(C(=O)OC(C)(C)C)C1(C=C)CC1. The van der Waals surface area contributed by atoms with Crippen LogP contribution in [0.1, 0.15) is 40.0 Å². The van der Waals surface area contributed by atoms with Crippen LogP contribution in [0.2, 0.25) is 0 Å². The molecule has 0 aromatic rings. The zero-order valence-electron chi connectivity index (χ0n) is 11.2. The van der Waals surface area contributed by atoms with Crippen molar-refractivity contribution in [3.8, 4) is 0 Å². The summed E-state index contributed by atoms with van der Waals surface area (Å²) in [5.41, 5.74) is -0.633. The Morgan fingerprint density at radius 2 is 2.00 bits per heavy atom. The quantitative estimate of drug-likeness (QED) is 0.685. The van der Waals surface area contributed by atoms with Crippen molar-refractivity contribution in [1.29, 1.82) is 0 Å². The highest BCUT2D eigenvalue weighted by Gasteiger charge is 2.48. The Labute approximate surface area is 104 Å². The van der Waals surface area contributed by atoms with Crippen LogP contribution >= 0.6 is 0 Å². The topological polar surface area (TPSA) is 29.5 Å². The molecule has 3 nitrogen and oxygen atoms in total. The maximum Gasteiger partial charge on any atom is 0.411 e. The van der Waals surface area contributed by atoms with Gasteiger partial charge in [-0.2, -0.15) is 0 Å². The fourth-order valence-corrected chi connectivity index (χ4v) is 1.75. The first-order valence-corrected chi connectivity index (χ1v) is 6.10. The number of amides is 1. The van der Waals surface area contributed by atoms with Gasteiger partial charge in [-0.05, 0) is 40.0 Å². The first-order chi connectivity index (χ1) is 7.84. The van der Waals surface area contributed by atoms with Crippen molar-refractivity contribution in [2.75, 3.05) is 6.54 Å². The lowest BCUT2D eigenvalue weighted by molar-refractivity contribution is 0.0179. The molecule has 0 aliphatic heterocycles. The van der Waals surface area contributed by atoms with Crippen molar-refractivity contribution in [3.05, 3.63) is 25.3 Å². The summed E-state index contributed by atoms with van der Waals surface area (Å²) in [5.74, 6) is 0. The molecule has 17 heavy (non-hydrogen) atoms. The van der Waals surface area contributed by atoms with E-state index in [-0.39, 0.29) is 11.6 Å². The highest BCUT2D eigenvalue weighted by atomic mass is 16.6. The van der Waals surface area contributed by atoms with Crippen LogP contribution in [0.5, 0.6) is 0 Å². The molecule has 0 saturated heterocycles. The molecule has 1 saturated carbocycles. The van der Waals surface area contributed by atoms with Crippen molar-refractivity contribution in [3.63, 3.8) is 0 Å². The molecule has 1 amide bonds. The molecular weight excluding hydrogens is 214 g/mol. The summed E-state index contributed by atoms with van der Waals surface area (Å²) >= 11 is 0. The Balaban J connectivity index is 2.73. The fraction of sp³-hybridized carbons (Fsp3) is 0.643. The Morgan fingerprint density at radius 1 is 1.41 bits per heavy atom. The highest BCUT2D eigenvalue weighted by molar-refractivity contribution is 5.70. The normalized spacial score (nSPS) is 17.1. The molecular formula is C14H23NO2. The first-order valence-electron chi connectivity index (χ1n) is 6.10. The van der Waals surface area contributed by atoms with E-state index in [9.17, 15) is 4.79 Å². The van der Waals surface area contributed by atoms with E-state index in [1.807, 2.05) is 32.9 Å². The van der Waals surface area contributed by atoms with Gasteiger partial charge in [0.25, 0.3) is 0 Å². The summed E-state index contributed by atoms with van der Waals surface area (Å²) in [6, 6.07) is 0. The smallest absolute Gasteiger partial charge is 0.411 e. The summed E-state index contributed by atoms with van der Waals surface area (Å²) in [6.45, 7) is 13.8. The molecule has 0 N–H and O–H groups in total. The van der Waals surface area contributed by atoms with E-state index >= 15 is 0 Å². The third kappa shape index (κ3) is 3.62. The van der Waals surface area contributed by atoms with Crippen molar-refractivity contribution < 1.29 is 9.53 Å². The van der Waals surface area contributed by atoms with Crippen LogP contribution in [-0.4, -0.2) is 28.7 Å². The van der Waals surface area contributed by atoms with Crippen LogP contribution < -0.4 is 0 Å². The zero-order valence-corrected chi connectivity index (χ0v) is 11.2. The third-order valence-electron chi connectivity index (χ3n) is 2.85. The standard InChI is InChI=1S/C14H23NO2/c1-6-8-11-15(14(7-2)9-10-14)12(16)17-13(3,4)5/h6-7H,1-2,8-11H2,3-5H3. The molecule has 0 aromatic heterocycles. The zero-order chi connectivity index (χ0) is 13.1. The molecule has 0 spiro atoms. The number of nitrogens with zero attached hydrogens (tertiary/aromatic N) is 1. The second-order valence-corrected chi connectivity index (χ2v) is 5.52. The van der Waals surface area contributed by atoms with Crippen molar-refractivity contribution in [2.45, 2.75) is 51.2 Å². The first kappa shape index (κ1) is 13.8. The van der Waals surface area contributed by atoms with Gasteiger partial charge in [-0.25, -0.2) is 4.79 Å². The van der Waals surface area contributed by atoms with E-state index in [0.29, 0.717) is 6.54 Å². The van der Waals surface area contributed by atoms with Crippen LogP contribution in [0.4, 0.5) is 4.79 Å². The van der Waals surface area contributed by atoms with E-state index in [2.05, 4.69) is 13.2 Å². The van der Waals surface area contributed by atoms with Crippen LogP contribution in [0.15, 0.2) is 25.3 Å². The van der Waals surface area contributed by atoms with E-state index in [1.165, 1.54) is 0 Å². The van der Waals surface area contributed by atoms with Crippen LogP contribution in [0, 0.1) is 0 Å². The van der Waals surface area contributed by atoms with Gasteiger partial charge >= 0.3 is 6.09 Å². The predicted molar refractivity (Wildman–Crippen MR) is 69.9 cm³/mol. The molecule has 1 rings (SSSR count). The summed E-state index contributed by atoms with van der Waals surface area (Å²) in [4.78, 5) is 13.9. The summed E-state index contributed by atoms with van der Waals surface area (Å²) in [7, 11) is 0. The maximum atomic E-state index is 12.1. The second-order valence-electron chi connectivity index (χ2n) is 5.52. The van der Waals surface area contributed by atoms with Gasteiger partial charge in [0.1, 0.15) is 5.60 Å². The van der Waals surface area contributed by atoms with E-state index in [4.69, 9.17) is 4.74 Å². The van der Waals surface area contributed by atoms with Gasteiger partial charge in [-0.15, -0.1) is 13.2 Å². The number of hydrogen-bond donors (Lipinski definition) is 0. The second kappa shape index (κ2) is 4.94. The Hall–Kier alpha value is -1.25. The molecule has 0 aromatic carbocycles. The number of carbonyl (C=O) groups excluding carboxylic acids is 1. The van der Waals surface area contributed by atoms with E-state index in [0.717, 1.165) is 19.3 Å². The Kier molecular flexibility index (Phi) is 4.02. The van der Waals surface area contributed by atoms with Gasteiger partial charge in [-0.3, -0.25) is 4.90 Å². The summed E-state index contributed by atoms with van der Waals surface area (Å²) in [6.07, 6.45) is 6.15. The lowest BCUT2D eigenvalue weighted by Gasteiger charge is -2.32. The third-order valence-corrected chi connectivity index (χ3v) is 2.85. The van der Waals surface area contributed by atoms with Crippen molar-refractivity contribution in [1.82, 2.24) is 4.90 Å². The van der Waals surface area contributed by atoms with Gasteiger partial charge in [0.2, 0.25) is 0 Å². The van der Waals surface area contributed by atoms with E-state index < -0.39 is 5.60 Å². The summed E-state index contributed by atoms with van der Waals surface area (Å²) in [5, 5.41) is 0. The molecule has 96 valence electrons. The molecule has 1 fully saturated rings. The minimum atomic E-state index is -0.458. The fourth-order valence-electron chi connectivity index (χ4n) is 1.75. The van der Waals surface area contributed by atoms with Crippen molar-refractivity contribution in [2.24, 2.45) is 0 Å². The Bertz CT molecular complexity index is 311. The van der Waals surface area contributed by atoms with Crippen LogP contribution in [0.25, 0.3) is 0 Å². The Morgan fingerprint density at radius 3 is 2.35 bits per heavy atom. The summed E-state index contributed by atoms with van der Waals surface area (Å²) < 4.78 is 5.43. The average molecular weight is 237 g/mol. The van der Waals surface area contributed by atoms with Gasteiger partial charge in [0.05, 0.1) is 5.54 Å². The average Bonchev–Trinajstić information content (AvgIpc) is 2.97. The predicted octanol–water partition coefficient (Wildman–Crippen LogP) is 3.52. The lowest BCUT2D eigenvalue weighted by Crippen LogP contribution is -2.44. The minimum absolute atomic E-state index is 0.175. The monoisotopic (exact) mass is 237 g/mol. The maximum absolute atomic E-state index is 12.1.